The first-order valence-corrected chi connectivity index (χ1v) is 10.6. The van der Waals surface area contributed by atoms with E-state index >= 15 is 0 Å². The average molecular weight is 405 g/mol. The first-order valence-electron chi connectivity index (χ1n) is 10.6. The van der Waals surface area contributed by atoms with Crippen LogP contribution < -0.4 is 5.56 Å². The number of nitrogens with zero attached hydrogens (tertiary/aromatic N) is 3. The molecule has 6 heteroatoms. The summed E-state index contributed by atoms with van der Waals surface area (Å²) in [5.74, 6) is 0.0744. The van der Waals surface area contributed by atoms with Crippen LogP contribution in [0.4, 0.5) is 4.39 Å². The molecule has 1 amide bonds. The number of hydrogen-bond acceptors (Lipinski definition) is 3. The first-order chi connectivity index (χ1) is 14.5. The summed E-state index contributed by atoms with van der Waals surface area (Å²) in [6.45, 7) is 1.76. The van der Waals surface area contributed by atoms with Crippen molar-refractivity contribution in [2.45, 2.75) is 56.7 Å². The molecule has 3 heterocycles. The molecule has 3 atom stereocenters. The molecule has 2 aliphatic heterocycles. The number of halogens is 1. The van der Waals surface area contributed by atoms with Crippen LogP contribution in [0.1, 0.15) is 50.1 Å². The Hall–Kier alpha value is -3.02. The van der Waals surface area contributed by atoms with Gasteiger partial charge in [0.1, 0.15) is 11.9 Å². The summed E-state index contributed by atoms with van der Waals surface area (Å²) >= 11 is 0. The minimum Gasteiger partial charge on any atom is -0.335 e. The van der Waals surface area contributed by atoms with Crippen LogP contribution in [0.2, 0.25) is 0 Å². The number of benzene rings is 2. The summed E-state index contributed by atoms with van der Waals surface area (Å²) in [4.78, 5) is 28.3. The molecule has 2 saturated heterocycles. The number of amides is 1. The molecule has 0 saturated carbocycles. The predicted molar refractivity (Wildman–Crippen MR) is 113 cm³/mol. The van der Waals surface area contributed by atoms with Gasteiger partial charge in [-0.25, -0.2) is 9.07 Å². The van der Waals surface area contributed by atoms with E-state index in [0.29, 0.717) is 11.3 Å². The normalized spacial score (nSPS) is 24.2. The van der Waals surface area contributed by atoms with Crippen molar-refractivity contribution in [3.63, 3.8) is 0 Å². The Morgan fingerprint density at radius 2 is 1.73 bits per heavy atom. The topological polar surface area (TPSA) is 55.2 Å². The SMILES string of the molecule is C[C@H](C(=O)N1[C@@H]2CC[C@@H]1CC(c1ccc(F)cc1)C2)n1ncc2ccccc2c1=O. The molecular weight excluding hydrogens is 381 g/mol. The molecule has 2 bridgehead atoms. The molecule has 154 valence electrons. The highest BCUT2D eigenvalue weighted by molar-refractivity contribution is 5.83. The molecule has 2 fully saturated rings. The van der Waals surface area contributed by atoms with E-state index in [4.69, 9.17) is 0 Å². The second-order valence-electron chi connectivity index (χ2n) is 8.51. The molecule has 0 unspecified atom stereocenters. The molecule has 0 aliphatic carbocycles. The fourth-order valence-corrected chi connectivity index (χ4v) is 5.24. The summed E-state index contributed by atoms with van der Waals surface area (Å²) in [6.07, 6.45) is 5.35. The maximum atomic E-state index is 13.4. The third kappa shape index (κ3) is 3.11. The number of rotatable bonds is 3. The lowest BCUT2D eigenvalue weighted by Crippen LogP contribution is -2.49. The quantitative estimate of drug-likeness (QED) is 0.661. The van der Waals surface area contributed by atoms with Crippen LogP contribution in [0, 0.1) is 5.82 Å². The van der Waals surface area contributed by atoms with Gasteiger partial charge < -0.3 is 4.90 Å². The number of aromatic nitrogens is 2. The van der Waals surface area contributed by atoms with Gasteiger partial charge in [0.2, 0.25) is 5.91 Å². The van der Waals surface area contributed by atoms with Crippen LogP contribution in [0.5, 0.6) is 0 Å². The van der Waals surface area contributed by atoms with Crippen molar-refractivity contribution in [2.24, 2.45) is 0 Å². The summed E-state index contributed by atoms with van der Waals surface area (Å²) in [6, 6.07) is 13.7. The van der Waals surface area contributed by atoms with Crippen molar-refractivity contribution in [2.75, 3.05) is 0 Å². The Balaban J connectivity index is 1.39. The Bertz CT molecular complexity index is 1140. The fraction of sp³-hybridized carbons (Fsp3) is 0.375. The van der Waals surface area contributed by atoms with Gasteiger partial charge in [-0.3, -0.25) is 9.59 Å². The van der Waals surface area contributed by atoms with Crippen LogP contribution in [-0.2, 0) is 4.79 Å². The lowest BCUT2D eigenvalue weighted by atomic mass is 9.85. The summed E-state index contributed by atoms with van der Waals surface area (Å²) in [5.41, 5.74) is 0.906. The lowest BCUT2D eigenvalue weighted by molar-refractivity contribution is -0.139. The Kier molecular flexibility index (Phi) is 4.65. The van der Waals surface area contributed by atoms with E-state index in [1.807, 2.05) is 35.2 Å². The molecule has 5 rings (SSSR count). The van der Waals surface area contributed by atoms with Crippen LogP contribution in [0.3, 0.4) is 0 Å². The van der Waals surface area contributed by atoms with Gasteiger partial charge in [-0.15, -0.1) is 0 Å². The van der Waals surface area contributed by atoms with Gasteiger partial charge in [0.05, 0.1) is 11.6 Å². The zero-order valence-electron chi connectivity index (χ0n) is 16.9. The van der Waals surface area contributed by atoms with E-state index in [-0.39, 0.29) is 29.4 Å². The van der Waals surface area contributed by atoms with Crippen LogP contribution >= 0.6 is 0 Å². The largest absolute Gasteiger partial charge is 0.335 e. The average Bonchev–Trinajstić information content (AvgIpc) is 3.03. The number of carbonyl (C=O) groups excluding carboxylic acids is 1. The molecule has 30 heavy (non-hydrogen) atoms. The van der Waals surface area contributed by atoms with Crippen molar-refractivity contribution in [1.29, 1.82) is 0 Å². The standard InChI is InChI=1S/C24H24FN3O2/c1-15(28-24(30)22-5-3-2-4-17(22)14-26-28)23(29)27-20-10-11-21(27)13-18(12-20)16-6-8-19(25)9-7-16/h2-9,14-15,18,20-21H,10-13H2,1H3/t15-,20-,21-/m1/s1. The third-order valence-electron chi connectivity index (χ3n) is 6.77. The van der Waals surface area contributed by atoms with E-state index < -0.39 is 6.04 Å². The highest BCUT2D eigenvalue weighted by Gasteiger charge is 2.45. The molecule has 5 nitrogen and oxygen atoms in total. The number of hydrogen-bond donors (Lipinski definition) is 0. The van der Waals surface area contributed by atoms with Gasteiger partial charge in [0.25, 0.3) is 5.56 Å². The zero-order chi connectivity index (χ0) is 20.8. The predicted octanol–water partition coefficient (Wildman–Crippen LogP) is 4.03. The minimum absolute atomic E-state index is 0.0371. The van der Waals surface area contributed by atoms with E-state index in [9.17, 15) is 14.0 Å². The Morgan fingerprint density at radius 3 is 2.43 bits per heavy atom. The third-order valence-corrected chi connectivity index (χ3v) is 6.77. The second kappa shape index (κ2) is 7.35. The summed E-state index contributed by atoms with van der Waals surface area (Å²) < 4.78 is 14.6. The van der Waals surface area contributed by atoms with E-state index in [0.717, 1.165) is 36.6 Å². The molecule has 3 aromatic rings. The molecular formula is C24H24FN3O2. The van der Waals surface area contributed by atoms with Crippen molar-refractivity contribution < 1.29 is 9.18 Å². The zero-order valence-corrected chi connectivity index (χ0v) is 16.9. The van der Waals surface area contributed by atoms with E-state index in [1.165, 1.54) is 16.8 Å². The smallest absolute Gasteiger partial charge is 0.275 e. The Labute approximate surface area is 174 Å². The number of fused-ring (bicyclic) bond motifs is 3. The maximum absolute atomic E-state index is 13.4. The van der Waals surface area contributed by atoms with Crippen LogP contribution in [0.25, 0.3) is 10.8 Å². The number of piperidine rings is 1. The Morgan fingerprint density at radius 1 is 1.07 bits per heavy atom. The highest BCUT2D eigenvalue weighted by atomic mass is 19.1. The van der Waals surface area contributed by atoms with Crippen molar-refractivity contribution in [1.82, 2.24) is 14.7 Å². The van der Waals surface area contributed by atoms with Gasteiger partial charge in [-0.2, -0.15) is 5.10 Å². The molecule has 0 spiro atoms. The lowest BCUT2D eigenvalue weighted by Gasteiger charge is -2.40. The molecule has 0 N–H and O–H groups in total. The molecule has 2 aromatic carbocycles. The summed E-state index contributed by atoms with van der Waals surface area (Å²) in [5, 5.41) is 5.64. The number of carbonyl (C=O) groups is 1. The van der Waals surface area contributed by atoms with Gasteiger partial charge in [0.15, 0.2) is 0 Å². The van der Waals surface area contributed by atoms with Gasteiger partial charge in [-0.1, -0.05) is 30.3 Å². The highest BCUT2D eigenvalue weighted by Crippen LogP contribution is 2.43. The maximum Gasteiger partial charge on any atom is 0.275 e. The van der Waals surface area contributed by atoms with E-state index in [2.05, 4.69) is 5.10 Å². The second-order valence-corrected chi connectivity index (χ2v) is 8.51. The van der Waals surface area contributed by atoms with Gasteiger partial charge >= 0.3 is 0 Å². The van der Waals surface area contributed by atoms with Crippen molar-refractivity contribution in [3.8, 4) is 0 Å². The molecule has 0 radical (unpaired) electrons. The van der Waals surface area contributed by atoms with Crippen molar-refractivity contribution >= 4 is 16.7 Å². The van der Waals surface area contributed by atoms with E-state index in [1.54, 1.807) is 19.2 Å². The van der Waals surface area contributed by atoms with Crippen LogP contribution in [0.15, 0.2) is 59.5 Å². The van der Waals surface area contributed by atoms with Gasteiger partial charge in [0, 0.05) is 17.5 Å². The fourth-order valence-electron chi connectivity index (χ4n) is 5.24. The van der Waals surface area contributed by atoms with Gasteiger partial charge in [-0.05, 0) is 62.3 Å². The monoisotopic (exact) mass is 405 g/mol. The molecule has 1 aromatic heterocycles. The van der Waals surface area contributed by atoms with Crippen LogP contribution in [-0.4, -0.2) is 32.7 Å². The first kappa shape index (κ1) is 19.0. The summed E-state index contributed by atoms with van der Waals surface area (Å²) in [7, 11) is 0. The minimum atomic E-state index is -0.646. The van der Waals surface area contributed by atoms with Crippen molar-refractivity contribution in [3.05, 3.63) is 76.5 Å². The molecule has 2 aliphatic rings.